The molecular formula is C25H31N5O4. The normalized spacial score (nSPS) is 19.9. The number of aliphatic hydroxyl groups is 1. The van der Waals surface area contributed by atoms with Gasteiger partial charge in [0.2, 0.25) is 5.82 Å². The lowest BCUT2D eigenvalue weighted by molar-refractivity contribution is -0.00965. The van der Waals surface area contributed by atoms with E-state index in [1.54, 1.807) is 20.3 Å². The Balaban J connectivity index is 1.32. The number of nitrogens with zero attached hydrogens (tertiary/aromatic N) is 5. The molecule has 1 aromatic carbocycles. The summed E-state index contributed by atoms with van der Waals surface area (Å²) >= 11 is 0. The van der Waals surface area contributed by atoms with Crippen LogP contribution in [0.5, 0.6) is 11.5 Å². The van der Waals surface area contributed by atoms with Crippen molar-refractivity contribution in [3.8, 4) is 22.9 Å². The molecule has 0 radical (unpaired) electrons. The predicted molar refractivity (Wildman–Crippen MR) is 129 cm³/mol. The number of anilines is 2. The van der Waals surface area contributed by atoms with E-state index in [1.165, 1.54) is 5.69 Å². The second-order valence-corrected chi connectivity index (χ2v) is 9.23. The van der Waals surface area contributed by atoms with Gasteiger partial charge in [0.15, 0.2) is 0 Å². The number of methoxy groups -OCH3 is 2. The average Bonchev–Trinajstić information content (AvgIpc) is 3.36. The van der Waals surface area contributed by atoms with E-state index in [0.717, 1.165) is 37.2 Å². The number of piperidine rings is 2. The van der Waals surface area contributed by atoms with Crippen molar-refractivity contribution in [2.45, 2.75) is 32.3 Å². The maximum atomic E-state index is 11.0. The molecule has 2 saturated heterocycles. The van der Waals surface area contributed by atoms with Gasteiger partial charge in [0.25, 0.3) is 0 Å². The molecule has 9 nitrogen and oxygen atoms in total. The highest BCUT2D eigenvalue weighted by Crippen LogP contribution is 2.42. The Morgan fingerprint density at radius 1 is 1.03 bits per heavy atom. The molecule has 1 N–H and O–H groups in total. The number of aryl methyl sites for hydroxylation is 1. The zero-order chi connectivity index (χ0) is 23.7. The number of pyridine rings is 1. The van der Waals surface area contributed by atoms with Crippen LogP contribution in [0, 0.1) is 12.3 Å². The molecule has 1 atom stereocenters. The fraction of sp³-hybridized carbons (Fsp3) is 0.480. The van der Waals surface area contributed by atoms with Crippen molar-refractivity contribution in [1.82, 2.24) is 15.1 Å². The molecule has 2 aliphatic heterocycles. The van der Waals surface area contributed by atoms with Gasteiger partial charge in [-0.2, -0.15) is 4.98 Å². The van der Waals surface area contributed by atoms with Crippen LogP contribution in [0.25, 0.3) is 11.4 Å². The Labute approximate surface area is 199 Å². The van der Waals surface area contributed by atoms with Crippen LogP contribution in [-0.4, -0.2) is 66.7 Å². The SMILES string of the molecule is COc1cc(OC)cc(-c2noc(N3CCC(O)C4(CCN(c5ccnc(C)c5)CC4)C3)n2)c1. The summed E-state index contributed by atoms with van der Waals surface area (Å²) in [5.74, 6) is 1.81. The van der Waals surface area contributed by atoms with Crippen molar-refractivity contribution in [3.63, 3.8) is 0 Å². The van der Waals surface area contributed by atoms with E-state index >= 15 is 0 Å². The number of hydrogen-bond donors (Lipinski definition) is 1. The molecule has 2 aliphatic rings. The fourth-order valence-electron chi connectivity index (χ4n) is 5.14. The molecule has 3 aromatic rings. The lowest BCUT2D eigenvalue weighted by atomic mass is 9.70. The van der Waals surface area contributed by atoms with Gasteiger partial charge < -0.3 is 28.9 Å². The van der Waals surface area contributed by atoms with E-state index in [-0.39, 0.29) is 11.5 Å². The van der Waals surface area contributed by atoms with Crippen LogP contribution in [0.1, 0.15) is 25.0 Å². The zero-order valence-electron chi connectivity index (χ0n) is 19.9. The summed E-state index contributed by atoms with van der Waals surface area (Å²) in [6.45, 7) is 5.18. The third-order valence-corrected chi connectivity index (χ3v) is 7.19. The number of rotatable bonds is 5. The summed E-state index contributed by atoms with van der Waals surface area (Å²) in [6.07, 6.45) is 4.01. The monoisotopic (exact) mass is 465 g/mol. The number of aliphatic hydroxyl groups excluding tert-OH is 1. The van der Waals surface area contributed by atoms with Crippen LogP contribution >= 0.6 is 0 Å². The molecule has 9 heteroatoms. The summed E-state index contributed by atoms with van der Waals surface area (Å²) in [7, 11) is 3.22. The molecule has 0 saturated carbocycles. The Kier molecular flexibility index (Phi) is 6.03. The highest BCUT2D eigenvalue weighted by molar-refractivity contribution is 5.61. The van der Waals surface area contributed by atoms with Crippen molar-refractivity contribution < 1.29 is 19.1 Å². The van der Waals surface area contributed by atoms with Crippen LogP contribution in [-0.2, 0) is 0 Å². The van der Waals surface area contributed by atoms with Gasteiger partial charge in [-0.1, -0.05) is 5.16 Å². The average molecular weight is 466 g/mol. The minimum Gasteiger partial charge on any atom is -0.497 e. The Hall–Kier alpha value is -3.33. The Morgan fingerprint density at radius 3 is 2.44 bits per heavy atom. The third kappa shape index (κ3) is 4.27. The maximum absolute atomic E-state index is 11.0. The largest absolute Gasteiger partial charge is 0.497 e. The number of ether oxygens (including phenoxy) is 2. The number of hydrogen-bond acceptors (Lipinski definition) is 9. The Morgan fingerprint density at radius 2 is 1.76 bits per heavy atom. The van der Waals surface area contributed by atoms with Crippen molar-refractivity contribution in [1.29, 1.82) is 0 Å². The molecule has 2 fully saturated rings. The third-order valence-electron chi connectivity index (χ3n) is 7.19. The first-order chi connectivity index (χ1) is 16.5. The first-order valence-corrected chi connectivity index (χ1v) is 11.7. The minimum absolute atomic E-state index is 0.190. The van der Waals surface area contributed by atoms with Gasteiger partial charge in [-0.3, -0.25) is 4.98 Å². The lowest BCUT2D eigenvalue weighted by Gasteiger charge is -2.50. The molecule has 5 rings (SSSR count). The van der Waals surface area contributed by atoms with E-state index in [9.17, 15) is 5.11 Å². The molecular weight excluding hydrogens is 434 g/mol. The summed E-state index contributed by atoms with van der Waals surface area (Å²) in [5, 5.41) is 15.2. The molecule has 1 spiro atoms. The Bertz CT molecular complexity index is 1120. The quantitative estimate of drug-likeness (QED) is 0.609. The molecule has 34 heavy (non-hydrogen) atoms. The van der Waals surface area contributed by atoms with Crippen LogP contribution in [0.3, 0.4) is 0 Å². The molecule has 4 heterocycles. The highest BCUT2D eigenvalue weighted by Gasteiger charge is 2.45. The van der Waals surface area contributed by atoms with E-state index in [2.05, 4.69) is 37.1 Å². The lowest BCUT2D eigenvalue weighted by Crippen LogP contribution is -2.56. The van der Waals surface area contributed by atoms with Gasteiger partial charge in [0.05, 0.1) is 20.3 Å². The summed E-state index contributed by atoms with van der Waals surface area (Å²) in [5.41, 5.74) is 2.78. The van der Waals surface area contributed by atoms with Gasteiger partial charge in [-0.05, 0) is 50.5 Å². The molecule has 0 bridgehead atoms. The van der Waals surface area contributed by atoms with E-state index in [0.29, 0.717) is 42.8 Å². The summed E-state index contributed by atoms with van der Waals surface area (Å²) in [4.78, 5) is 13.5. The van der Waals surface area contributed by atoms with Crippen LogP contribution < -0.4 is 19.3 Å². The molecule has 0 aliphatic carbocycles. The van der Waals surface area contributed by atoms with E-state index < -0.39 is 0 Å². The summed E-state index contributed by atoms with van der Waals surface area (Å²) in [6, 6.07) is 10.2. The van der Waals surface area contributed by atoms with Gasteiger partial charge in [-0.15, -0.1) is 0 Å². The zero-order valence-corrected chi connectivity index (χ0v) is 19.9. The van der Waals surface area contributed by atoms with E-state index in [4.69, 9.17) is 14.0 Å². The summed E-state index contributed by atoms with van der Waals surface area (Å²) < 4.78 is 16.4. The van der Waals surface area contributed by atoms with Crippen molar-refractivity contribution in [2.75, 3.05) is 50.2 Å². The highest BCUT2D eigenvalue weighted by atomic mass is 16.5. The fourth-order valence-corrected chi connectivity index (χ4v) is 5.14. The topological polar surface area (TPSA) is 97.0 Å². The van der Waals surface area contributed by atoms with Crippen LogP contribution in [0.15, 0.2) is 41.1 Å². The van der Waals surface area contributed by atoms with Crippen LogP contribution in [0.2, 0.25) is 0 Å². The van der Waals surface area contributed by atoms with Gasteiger partial charge in [0, 0.05) is 60.8 Å². The van der Waals surface area contributed by atoms with Gasteiger partial charge >= 0.3 is 6.01 Å². The molecule has 2 aromatic heterocycles. The second kappa shape index (κ2) is 9.13. The molecule has 0 amide bonds. The standard InChI is InChI=1S/C25H31N5O4/c1-17-12-19(4-8-26-17)29-10-6-25(7-11-29)16-30(9-5-22(25)31)24-27-23(28-34-24)18-13-20(32-2)15-21(14-18)33-3/h4,8,12-15,22,31H,5-7,9-11,16H2,1-3H3. The van der Waals surface area contributed by atoms with Gasteiger partial charge in [-0.25, -0.2) is 0 Å². The maximum Gasteiger partial charge on any atom is 0.324 e. The molecule has 1 unspecified atom stereocenters. The predicted octanol–water partition coefficient (Wildman–Crippen LogP) is 3.32. The minimum atomic E-state index is -0.338. The van der Waals surface area contributed by atoms with Gasteiger partial charge in [0.1, 0.15) is 11.5 Å². The first-order valence-electron chi connectivity index (χ1n) is 11.7. The number of aromatic nitrogens is 3. The number of benzene rings is 1. The van der Waals surface area contributed by atoms with E-state index in [1.807, 2.05) is 25.3 Å². The second-order valence-electron chi connectivity index (χ2n) is 9.23. The first kappa shape index (κ1) is 22.5. The molecule has 180 valence electrons. The van der Waals surface area contributed by atoms with Crippen molar-refractivity contribution >= 4 is 11.7 Å². The van der Waals surface area contributed by atoms with Crippen LogP contribution in [0.4, 0.5) is 11.7 Å². The smallest absolute Gasteiger partial charge is 0.324 e. The van der Waals surface area contributed by atoms with Crippen molar-refractivity contribution in [3.05, 3.63) is 42.2 Å². The van der Waals surface area contributed by atoms with Crippen molar-refractivity contribution in [2.24, 2.45) is 5.41 Å².